The Hall–Kier alpha value is -2.99. The van der Waals surface area contributed by atoms with Gasteiger partial charge < -0.3 is 10.0 Å². The lowest BCUT2D eigenvalue weighted by Crippen LogP contribution is -2.34. The van der Waals surface area contributed by atoms with Crippen molar-refractivity contribution in [3.8, 4) is 0 Å². The second kappa shape index (κ2) is 8.80. The number of rotatable bonds is 8. The van der Waals surface area contributed by atoms with Crippen molar-refractivity contribution in [2.45, 2.75) is 26.3 Å². The van der Waals surface area contributed by atoms with Crippen LogP contribution in [0.1, 0.15) is 56.4 Å². The van der Waals surface area contributed by atoms with Crippen molar-refractivity contribution in [1.29, 1.82) is 0 Å². The van der Waals surface area contributed by atoms with E-state index >= 15 is 0 Å². The molecule has 28 heavy (non-hydrogen) atoms. The number of aliphatic hydroxyl groups excluding tert-OH is 1. The number of hydrogen-bond acceptors (Lipinski definition) is 4. The lowest BCUT2D eigenvalue weighted by Gasteiger charge is -2.21. The van der Waals surface area contributed by atoms with Gasteiger partial charge in [-0.05, 0) is 30.2 Å². The third kappa shape index (κ3) is 3.97. The van der Waals surface area contributed by atoms with Crippen LogP contribution in [-0.4, -0.2) is 52.3 Å². The van der Waals surface area contributed by atoms with Gasteiger partial charge in [-0.2, -0.15) is 0 Å². The summed E-state index contributed by atoms with van der Waals surface area (Å²) in [6.45, 7) is 2.89. The summed E-state index contributed by atoms with van der Waals surface area (Å²) in [4.78, 5) is 41.0. The van der Waals surface area contributed by atoms with Crippen molar-refractivity contribution < 1.29 is 19.5 Å². The molecule has 3 amide bonds. The molecule has 0 saturated heterocycles. The molecule has 6 nitrogen and oxygen atoms in total. The summed E-state index contributed by atoms with van der Waals surface area (Å²) < 4.78 is 0. The number of fused-ring (bicyclic) bond motifs is 1. The third-order valence-corrected chi connectivity index (χ3v) is 4.84. The molecule has 1 aliphatic heterocycles. The van der Waals surface area contributed by atoms with E-state index in [0.717, 1.165) is 18.4 Å². The zero-order valence-corrected chi connectivity index (χ0v) is 15.9. The molecule has 0 aromatic heterocycles. The van der Waals surface area contributed by atoms with Crippen LogP contribution in [0, 0.1) is 0 Å². The van der Waals surface area contributed by atoms with E-state index in [4.69, 9.17) is 0 Å². The molecular formula is C22H24N2O4. The maximum atomic E-state index is 12.8. The minimum atomic E-state index is -0.388. The number of nitrogens with zero attached hydrogens (tertiary/aromatic N) is 2. The fourth-order valence-electron chi connectivity index (χ4n) is 3.30. The van der Waals surface area contributed by atoms with Gasteiger partial charge in [0, 0.05) is 18.7 Å². The van der Waals surface area contributed by atoms with Crippen molar-refractivity contribution >= 4 is 17.7 Å². The third-order valence-electron chi connectivity index (χ3n) is 4.84. The van der Waals surface area contributed by atoms with Gasteiger partial charge in [0.15, 0.2) is 0 Å². The normalized spacial score (nSPS) is 13.0. The minimum Gasteiger partial charge on any atom is -0.395 e. The Labute approximate surface area is 164 Å². The Bertz CT molecular complexity index is 879. The summed E-state index contributed by atoms with van der Waals surface area (Å²) in [6, 6.07) is 13.9. The van der Waals surface area contributed by atoms with Crippen LogP contribution < -0.4 is 0 Å². The number of unbranched alkanes of at least 4 members (excludes halogenated alkanes) is 1. The predicted molar refractivity (Wildman–Crippen MR) is 105 cm³/mol. The Morgan fingerprint density at radius 2 is 1.71 bits per heavy atom. The maximum absolute atomic E-state index is 12.8. The predicted octanol–water partition coefficient (Wildman–Crippen LogP) is 2.72. The molecule has 0 fully saturated rings. The van der Waals surface area contributed by atoms with E-state index in [-0.39, 0.29) is 43.0 Å². The topological polar surface area (TPSA) is 77.9 Å². The van der Waals surface area contributed by atoms with E-state index < -0.39 is 0 Å². The van der Waals surface area contributed by atoms with E-state index in [2.05, 4.69) is 0 Å². The van der Waals surface area contributed by atoms with Crippen molar-refractivity contribution in [2.75, 3.05) is 19.7 Å². The smallest absolute Gasteiger partial charge is 0.261 e. The quantitative estimate of drug-likeness (QED) is 0.715. The van der Waals surface area contributed by atoms with Crippen LogP contribution in [0.4, 0.5) is 0 Å². The van der Waals surface area contributed by atoms with Crippen LogP contribution in [0.15, 0.2) is 48.5 Å². The highest BCUT2D eigenvalue weighted by Crippen LogP contribution is 2.26. The Morgan fingerprint density at radius 1 is 1.00 bits per heavy atom. The van der Waals surface area contributed by atoms with E-state index in [9.17, 15) is 19.5 Å². The molecule has 0 atom stereocenters. The van der Waals surface area contributed by atoms with Gasteiger partial charge in [-0.15, -0.1) is 0 Å². The average molecular weight is 380 g/mol. The van der Waals surface area contributed by atoms with Gasteiger partial charge in [0.05, 0.1) is 24.3 Å². The van der Waals surface area contributed by atoms with Gasteiger partial charge >= 0.3 is 0 Å². The fourth-order valence-corrected chi connectivity index (χ4v) is 3.30. The number of amides is 3. The highest BCUT2D eigenvalue weighted by molar-refractivity contribution is 6.22. The van der Waals surface area contributed by atoms with Crippen LogP contribution in [0.5, 0.6) is 0 Å². The summed E-state index contributed by atoms with van der Waals surface area (Å²) in [5.74, 6) is -0.978. The van der Waals surface area contributed by atoms with E-state index in [1.165, 1.54) is 11.0 Å². The summed E-state index contributed by atoms with van der Waals surface area (Å²) in [6.07, 6.45) is 1.76. The molecule has 2 aromatic rings. The molecule has 0 radical (unpaired) electrons. The fraction of sp³-hybridized carbons (Fsp3) is 0.318. The molecule has 2 aromatic carbocycles. The Morgan fingerprint density at radius 3 is 2.39 bits per heavy atom. The summed E-state index contributed by atoms with van der Waals surface area (Å²) in [5, 5.41) is 9.24. The molecule has 0 bridgehead atoms. The highest BCUT2D eigenvalue weighted by atomic mass is 16.3. The number of aliphatic hydroxyl groups is 1. The standard InChI is InChI=1S/C22H24N2O4/c1-2-3-11-23(12-13-25)20(26)17-9-10-18-19(14-17)22(28)24(21(18)27)15-16-7-5-4-6-8-16/h4-10,14,25H,2-3,11-13,15H2,1H3. The van der Waals surface area contributed by atoms with E-state index in [1.807, 2.05) is 37.3 Å². The van der Waals surface area contributed by atoms with Crippen molar-refractivity contribution in [1.82, 2.24) is 9.80 Å². The highest BCUT2D eigenvalue weighted by Gasteiger charge is 2.36. The molecular weight excluding hydrogens is 356 g/mol. The maximum Gasteiger partial charge on any atom is 0.261 e. The van der Waals surface area contributed by atoms with Crippen molar-refractivity contribution in [2.24, 2.45) is 0 Å². The first-order valence-corrected chi connectivity index (χ1v) is 9.51. The van der Waals surface area contributed by atoms with Crippen LogP contribution in [0.25, 0.3) is 0 Å². The number of carbonyl (C=O) groups excluding carboxylic acids is 3. The number of carbonyl (C=O) groups is 3. The van der Waals surface area contributed by atoms with Crippen LogP contribution in [-0.2, 0) is 6.54 Å². The van der Waals surface area contributed by atoms with Crippen molar-refractivity contribution in [3.05, 3.63) is 70.8 Å². The second-order valence-electron chi connectivity index (χ2n) is 6.81. The molecule has 6 heteroatoms. The average Bonchev–Trinajstić information content (AvgIpc) is 2.96. The van der Waals surface area contributed by atoms with Gasteiger partial charge in [0.2, 0.25) is 0 Å². The first-order valence-electron chi connectivity index (χ1n) is 9.51. The Balaban J connectivity index is 1.83. The van der Waals surface area contributed by atoms with Crippen molar-refractivity contribution in [3.63, 3.8) is 0 Å². The monoisotopic (exact) mass is 380 g/mol. The number of imide groups is 1. The minimum absolute atomic E-state index is 0.122. The largest absolute Gasteiger partial charge is 0.395 e. The first-order chi connectivity index (χ1) is 13.6. The SMILES string of the molecule is CCCCN(CCO)C(=O)c1ccc2c(c1)C(=O)N(Cc1ccccc1)C2=O. The van der Waals surface area contributed by atoms with Gasteiger partial charge in [0.25, 0.3) is 17.7 Å². The summed E-state index contributed by atoms with van der Waals surface area (Å²) in [7, 11) is 0. The lowest BCUT2D eigenvalue weighted by atomic mass is 10.0. The molecule has 0 saturated carbocycles. The molecule has 146 valence electrons. The lowest BCUT2D eigenvalue weighted by molar-refractivity contribution is 0.0642. The Kier molecular flexibility index (Phi) is 6.21. The van der Waals surface area contributed by atoms with Crippen LogP contribution in [0.2, 0.25) is 0 Å². The van der Waals surface area contributed by atoms with Crippen LogP contribution >= 0.6 is 0 Å². The number of hydrogen-bond donors (Lipinski definition) is 1. The van der Waals surface area contributed by atoms with Crippen LogP contribution in [0.3, 0.4) is 0 Å². The summed E-state index contributed by atoms with van der Waals surface area (Å²) >= 11 is 0. The zero-order chi connectivity index (χ0) is 20.1. The second-order valence-corrected chi connectivity index (χ2v) is 6.81. The molecule has 1 N–H and O–H groups in total. The molecule has 1 aliphatic rings. The molecule has 0 aliphatic carbocycles. The van der Waals surface area contributed by atoms with E-state index in [1.54, 1.807) is 17.0 Å². The molecule has 1 heterocycles. The first kappa shape index (κ1) is 19.8. The van der Waals surface area contributed by atoms with Gasteiger partial charge in [-0.1, -0.05) is 43.7 Å². The number of benzene rings is 2. The van der Waals surface area contributed by atoms with Gasteiger partial charge in [0.1, 0.15) is 0 Å². The van der Waals surface area contributed by atoms with Gasteiger partial charge in [-0.3, -0.25) is 19.3 Å². The molecule has 3 rings (SSSR count). The molecule has 0 unspecified atom stereocenters. The van der Waals surface area contributed by atoms with E-state index in [0.29, 0.717) is 17.7 Å². The van der Waals surface area contributed by atoms with Gasteiger partial charge in [-0.25, -0.2) is 0 Å². The summed E-state index contributed by atoms with van der Waals surface area (Å²) in [5.41, 5.74) is 1.79. The molecule has 0 spiro atoms. The zero-order valence-electron chi connectivity index (χ0n) is 15.9.